The van der Waals surface area contributed by atoms with Gasteiger partial charge in [0.05, 0.1) is 27.3 Å². The number of benzene rings is 2. The molecule has 0 heterocycles. The van der Waals surface area contributed by atoms with Crippen molar-refractivity contribution in [3.05, 3.63) is 64.1 Å². The lowest BCUT2D eigenvalue weighted by molar-refractivity contribution is 0.0936. The van der Waals surface area contributed by atoms with Crippen LogP contribution in [-0.4, -0.2) is 15.9 Å². The number of carbonyl (C=O) groups is 1. The summed E-state index contributed by atoms with van der Waals surface area (Å²) in [6.45, 7) is 3.77. The fourth-order valence-corrected chi connectivity index (χ4v) is 3.51. The van der Waals surface area contributed by atoms with Gasteiger partial charge in [0.1, 0.15) is 0 Å². The molecule has 0 fully saturated rings. The Balaban J connectivity index is 2.21. The Bertz CT molecular complexity index is 703. The van der Waals surface area contributed by atoms with E-state index in [-0.39, 0.29) is 11.9 Å². The van der Waals surface area contributed by atoms with Gasteiger partial charge in [0.2, 0.25) is 0 Å². The fourth-order valence-electron chi connectivity index (χ4n) is 2.14. The number of amides is 1. The van der Waals surface area contributed by atoms with Crippen LogP contribution in [0.15, 0.2) is 57.9 Å². The standard InChI is InChI=1S/C17H18BrNO2S/c1-3-22(21)16-10-5-4-9-15(16)17(20)19-12(2)13-7-6-8-14(18)11-13/h4-12H,3H2,1-2H3,(H,19,20). The van der Waals surface area contributed by atoms with Gasteiger partial charge in [-0.25, -0.2) is 0 Å². The topological polar surface area (TPSA) is 46.2 Å². The molecular formula is C17H18BrNO2S. The highest BCUT2D eigenvalue weighted by Crippen LogP contribution is 2.19. The molecule has 0 saturated heterocycles. The summed E-state index contributed by atoms with van der Waals surface area (Å²) in [4.78, 5) is 13.1. The van der Waals surface area contributed by atoms with Crippen LogP contribution in [0.5, 0.6) is 0 Å². The molecule has 2 rings (SSSR count). The quantitative estimate of drug-likeness (QED) is 0.850. The minimum atomic E-state index is -1.15. The summed E-state index contributed by atoms with van der Waals surface area (Å²) in [5, 5.41) is 2.96. The van der Waals surface area contributed by atoms with E-state index in [0.717, 1.165) is 10.0 Å². The third kappa shape index (κ3) is 4.05. The van der Waals surface area contributed by atoms with Gasteiger partial charge in [-0.1, -0.05) is 47.1 Å². The van der Waals surface area contributed by atoms with Crippen molar-refractivity contribution in [2.45, 2.75) is 24.8 Å². The minimum absolute atomic E-state index is 0.131. The second-order valence-corrected chi connectivity index (χ2v) is 7.50. The van der Waals surface area contributed by atoms with Crippen LogP contribution >= 0.6 is 15.9 Å². The van der Waals surface area contributed by atoms with Crippen LogP contribution in [0.4, 0.5) is 0 Å². The zero-order valence-corrected chi connectivity index (χ0v) is 14.9. The van der Waals surface area contributed by atoms with E-state index < -0.39 is 10.8 Å². The van der Waals surface area contributed by atoms with Crippen LogP contribution < -0.4 is 5.32 Å². The van der Waals surface area contributed by atoms with Crippen molar-refractivity contribution < 1.29 is 9.00 Å². The average Bonchev–Trinajstić information content (AvgIpc) is 2.54. The number of carbonyl (C=O) groups excluding carboxylic acids is 1. The first-order chi connectivity index (χ1) is 10.5. The third-order valence-corrected chi connectivity index (χ3v) is 5.20. The molecular weight excluding hydrogens is 362 g/mol. The maximum absolute atomic E-state index is 12.5. The molecule has 0 bridgehead atoms. The molecule has 0 aliphatic rings. The lowest BCUT2D eigenvalue weighted by atomic mass is 10.1. The Kier molecular flexibility index (Phi) is 5.91. The molecule has 22 heavy (non-hydrogen) atoms. The van der Waals surface area contributed by atoms with E-state index in [1.54, 1.807) is 24.3 Å². The fraction of sp³-hybridized carbons (Fsp3) is 0.235. The second kappa shape index (κ2) is 7.70. The van der Waals surface area contributed by atoms with Crippen LogP contribution in [0.3, 0.4) is 0 Å². The SMILES string of the molecule is CCS(=O)c1ccccc1C(=O)NC(C)c1cccc(Br)c1. The van der Waals surface area contributed by atoms with Gasteiger partial charge in [0.25, 0.3) is 5.91 Å². The van der Waals surface area contributed by atoms with Gasteiger partial charge in [0, 0.05) is 10.2 Å². The molecule has 0 saturated carbocycles. The van der Waals surface area contributed by atoms with Crippen LogP contribution in [0, 0.1) is 0 Å². The molecule has 2 atom stereocenters. The number of halogens is 1. The number of nitrogens with one attached hydrogen (secondary N) is 1. The Labute approximate surface area is 141 Å². The van der Waals surface area contributed by atoms with E-state index >= 15 is 0 Å². The van der Waals surface area contributed by atoms with E-state index in [0.29, 0.717) is 16.2 Å². The molecule has 0 spiro atoms. The van der Waals surface area contributed by atoms with Gasteiger partial charge in [-0.05, 0) is 36.8 Å². The molecule has 0 aliphatic heterocycles. The lowest BCUT2D eigenvalue weighted by Gasteiger charge is -2.16. The molecule has 116 valence electrons. The van der Waals surface area contributed by atoms with Crippen LogP contribution in [-0.2, 0) is 10.8 Å². The second-order valence-electron chi connectivity index (χ2n) is 4.88. The van der Waals surface area contributed by atoms with Crippen molar-refractivity contribution in [1.29, 1.82) is 0 Å². The minimum Gasteiger partial charge on any atom is -0.345 e. The summed E-state index contributed by atoms with van der Waals surface area (Å²) in [5.74, 6) is 0.288. The van der Waals surface area contributed by atoms with Crippen LogP contribution in [0.2, 0.25) is 0 Å². The predicted molar refractivity (Wildman–Crippen MR) is 93.4 cm³/mol. The van der Waals surface area contributed by atoms with Gasteiger partial charge in [-0.2, -0.15) is 0 Å². The van der Waals surface area contributed by atoms with Crippen molar-refractivity contribution in [2.24, 2.45) is 0 Å². The molecule has 1 N–H and O–H groups in total. The van der Waals surface area contributed by atoms with Crippen molar-refractivity contribution >= 4 is 32.6 Å². The first kappa shape index (κ1) is 16.9. The maximum atomic E-state index is 12.5. The largest absolute Gasteiger partial charge is 0.345 e. The summed E-state index contributed by atoms with van der Waals surface area (Å²) in [5.41, 5.74) is 1.49. The zero-order valence-electron chi connectivity index (χ0n) is 12.5. The molecule has 0 aromatic heterocycles. The summed E-state index contributed by atoms with van der Waals surface area (Å²) in [6, 6.07) is 14.7. The molecule has 0 radical (unpaired) electrons. The predicted octanol–water partition coefficient (Wildman–Crippen LogP) is 4.07. The number of hydrogen-bond acceptors (Lipinski definition) is 2. The Hall–Kier alpha value is -1.46. The van der Waals surface area contributed by atoms with Gasteiger partial charge < -0.3 is 5.32 Å². The normalized spacial score (nSPS) is 13.4. The summed E-state index contributed by atoms with van der Waals surface area (Å²) in [6.07, 6.45) is 0. The van der Waals surface area contributed by atoms with E-state index in [4.69, 9.17) is 0 Å². The molecule has 1 amide bonds. The van der Waals surface area contributed by atoms with E-state index in [9.17, 15) is 9.00 Å². The monoisotopic (exact) mass is 379 g/mol. The highest BCUT2D eigenvalue weighted by molar-refractivity contribution is 9.10. The first-order valence-electron chi connectivity index (χ1n) is 7.06. The molecule has 2 aromatic carbocycles. The van der Waals surface area contributed by atoms with Crippen molar-refractivity contribution in [3.8, 4) is 0 Å². The van der Waals surface area contributed by atoms with Crippen molar-refractivity contribution in [2.75, 3.05) is 5.75 Å². The van der Waals surface area contributed by atoms with Gasteiger partial charge in [-0.15, -0.1) is 0 Å². The van der Waals surface area contributed by atoms with E-state index in [1.165, 1.54) is 0 Å². The molecule has 5 heteroatoms. The smallest absolute Gasteiger partial charge is 0.252 e. The number of rotatable bonds is 5. The van der Waals surface area contributed by atoms with Gasteiger partial charge in [0.15, 0.2) is 0 Å². The van der Waals surface area contributed by atoms with Crippen molar-refractivity contribution in [1.82, 2.24) is 5.32 Å². The van der Waals surface area contributed by atoms with E-state index in [2.05, 4.69) is 21.2 Å². The zero-order chi connectivity index (χ0) is 16.1. The van der Waals surface area contributed by atoms with Crippen LogP contribution in [0.25, 0.3) is 0 Å². The third-order valence-electron chi connectivity index (χ3n) is 3.34. The summed E-state index contributed by atoms with van der Waals surface area (Å²) < 4.78 is 13.0. The summed E-state index contributed by atoms with van der Waals surface area (Å²) >= 11 is 3.43. The molecule has 2 unspecified atom stereocenters. The van der Waals surface area contributed by atoms with Crippen molar-refractivity contribution in [3.63, 3.8) is 0 Å². The highest BCUT2D eigenvalue weighted by Gasteiger charge is 2.17. The first-order valence-corrected chi connectivity index (χ1v) is 9.18. The molecule has 0 aliphatic carbocycles. The maximum Gasteiger partial charge on any atom is 0.252 e. The van der Waals surface area contributed by atoms with E-state index in [1.807, 2.05) is 38.1 Å². The highest BCUT2D eigenvalue weighted by atomic mass is 79.9. The Morgan fingerprint density at radius 1 is 1.23 bits per heavy atom. The number of hydrogen-bond donors (Lipinski definition) is 1. The Morgan fingerprint density at radius 2 is 1.95 bits per heavy atom. The Morgan fingerprint density at radius 3 is 2.64 bits per heavy atom. The van der Waals surface area contributed by atoms with Crippen LogP contribution in [0.1, 0.15) is 35.8 Å². The summed E-state index contributed by atoms with van der Waals surface area (Å²) in [7, 11) is -1.15. The molecule has 2 aromatic rings. The molecule has 3 nitrogen and oxygen atoms in total. The lowest BCUT2D eigenvalue weighted by Crippen LogP contribution is -2.27. The van der Waals surface area contributed by atoms with Gasteiger partial charge >= 0.3 is 0 Å². The van der Waals surface area contributed by atoms with Gasteiger partial charge in [-0.3, -0.25) is 9.00 Å². The average molecular weight is 380 g/mol.